The standard InChI is InChI=1S/C36H45N5O9S/c1-20-7-3-4-8-22-17-36(22,34(44)40-51(47,48)25-13-14-25)39-31(42)28-16-24(19-41(28)33(43)30(21(2)15-20)38-35(45)46)50-32-27-10-6-5-9-26(27)29(18-37-32)49-23-11-12-23/h4-6,8-10,18,20-25,28,30,38H,3,7,11-17,19H2,1-2H3,(H,39,42)(H,40,44)(H,45,46)/b8-4-/t20-,21-,22?,24-,28+,30+,36-/m1/s1. The molecule has 1 aromatic carbocycles. The molecule has 7 rings (SSSR count). The van der Waals surface area contributed by atoms with E-state index >= 15 is 0 Å². The molecule has 4 N–H and O–H groups in total. The summed E-state index contributed by atoms with van der Waals surface area (Å²) < 4.78 is 40.3. The lowest BCUT2D eigenvalue weighted by Gasteiger charge is -2.32. The molecule has 0 radical (unpaired) electrons. The van der Waals surface area contributed by atoms with Gasteiger partial charge in [-0.05, 0) is 69.3 Å². The maximum atomic E-state index is 14.4. The van der Waals surface area contributed by atoms with Crippen LogP contribution in [0.2, 0.25) is 0 Å². The number of benzene rings is 1. The molecule has 2 aromatic rings. The van der Waals surface area contributed by atoms with Crippen LogP contribution in [0.25, 0.3) is 10.8 Å². The highest BCUT2D eigenvalue weighted by Crippen LogP contribution is 2.46. The molecule has 2 aliphatic heterocycles. The minimum atomic E-state index is -3.90. The minimum absolute atomic E-state index is 0.0249. The summed E-state index contributed by atoms with van der Waals surface area (Å²) in [7, 11) is -3.90. The van der Waals surface area contributed by atoms with E-state index in [0.29, 0.717) is 42.7 Å². The second-order valence-electron chi connectivity index (χ2n) is 15.0. The number of sulfonamides is 1. The molecule has 1 saturated heterocycles. The highest BCUT2D eigenvalue weighted by atomic mass is 32.2. The van der Waals surface area contributed by atoms with Crippen molar-refractivity contribution < 1.29 is 42.2 Å². The van der Waals surface area contributed by atoms with Crippen molar-refractivity contribution in [2.24, 2.45) is 17.8 Å². The van der Waals surface area contributed by atoms with E-state index in [-0.39, 0.29) is 31.4 Å². The Labute approximate surface area is 296 Å². The number of nitrogens with one attached hydrogen (secondary N) is 3. The number of aromatic nitrogens is 1. The first-order valence-corrected chi connectivity index (χ1v) is 19.4. The highest BCUT2D eigenvalue weighted by Gasteiger charge is 2.62. The Bertz CT molecular complexity index is 1860. The van der Waals surface area contributed by atoms with Gasteiger partial charge in [0.2, 0.25) is 27.7 Å². The van der Waals surface area contributed by atoms with E-state index < -0.39 is 74.7 Å². The van der Waals surface area contributed by atoms with Crippen molar-refractivity contribution in [1.82, 2.24) is 25.2 Å². The van der Waals surface area contributed by atoms with Crippen LogP contribution in [-0.2, 0) is 24.4 Å². The van der Waals surface area contributed by atoms with E-state index in [2.05, 4.69) is 20.3 Å². The molecule has 3 saturated carbocycles. The number of nitrogens with zero attached hydrogens (tertiary/aromatic N) is 2. The van der Waals surface area contributed by atoms with Crippen molar-refractivity contribution in [2.75, 3.05) is 6.54 Å². The Balaban J connectivity index is 1.20. The maximum Gasteiger partial charge on any atom is 0.405 e. The predicted molar refractivity (Wildman–Crippen MR) is 185 cm³/mol. The molecule has 3 heterocycles. The van der Waals surface area contributed by atoms with Gasteiger partial charge < -0.3 is 30.1 Å². The molecule has 4 amide bonds. The van der Waals surface area contributed by atoms with E-state index in [1.54, 1.807) is 6.20 Å². The van der Waals surface area contributed by atoms with Crippen LogP contribution in [-0.4, -0.2) is 88.8 Å². The number of ether oxygens (including phenoxy) is 2. The van der Waals surface area contributed by atoms with Crippen LogP contribution >= 0.6 is 0 Å². The van der Waals surface area contributed by atoms with Gasteiger partial charge in [-0.3, -0.25) is 19.1 Å². The molecule has 274 valence electrons. The van der Waals surface area contributed by atoms with Gasteiger partial charge in [0, 0.05) is 23.1 Å². The number of hydrogen-bond donors (Lipinski definition) is 4. The first-order chi connectivity index (χ1) is 24.3. The molecule has 4 fully saturated rings. The molecule has 5 aliphatic rings. The zero-order valence-electron chi connectivity index (χ0n) is 28.7. The zero-order valence-corrected chi connectivity index (χ0v) is 29.6. The topological polar surface area (TPSA) is 193 Å². The Morgan fingerprint density at radius 3 is 2.47 bits per heavy atom. The third-order valence-electron chi connectivity index (χ3n) is 10.7. The summed E-state index contributed by atoms with van der Waals surface area (Å²) in [5.41, 5.74) is -1.52. The molecule has 7 atom stereocenters. The Kier molecular flexibility index (Phi) is 9.35. The molecule has 1 unspecified atom stereocenters. The first-order valence-electron chi connectivity index (χ1n) is 17.9. The Hall–Kier alpha value is -4.40. The van der Waals surface area contributed by atoms with Crippen molar-refractivity contribution in [3.63, 3.8) is 0 Å². The lowest BCUT2D eigenvalue weighted by molar-refractivity contribution is -0.142. The zero-order chi connectivity index (χ0) is 36.1. The van der Waals surface area contributed by atoms with Gasteiger partial charge in [0.15, 0.2) is 0 Å². The third-order valence-corrected chi connectivity index (χ3v) is 12.5. The van der Waals surface area contributed by atoms with Crippen molar-refractivity contribution >= 4 is 44.6 Å². The second-order valence-corrected chi connectivity index (χ2v) is 16.9. The number of allylic oxidation sites excluding steroid dienone is 1. The molecule has 3 aliphatic carbocycles. The van der Waals surface area contributed by atoms with Gasteiger partial charge in [-0.15, -0.1) is 0 Å². The fourth-order valence-electron chi connectivity index (χ4n) is 7.48. The van der Waals surface area contributed by atoms with Gasteiger partial charge in [0.05, 0.1) is 24.1 Å². The average Bonchev–Trinajstić information content (AvgIpc) is 3.98. The number of pyridine rings is 1. The van der Waals surface area contributed by atoms with Crippen molar-refractivity contribution in [3.8, 4) is 11.6 Å². The Morgan fingerprint density at radius 2 is 1.76 bits per heavy atom. The van der Waals surface area contributed by atoms with Crippen LogP contribution in [0.15, 0.2) is 42.6 Å². The summed E-state index contributed by atoms with van der Waals surface area (Å²) in [6.45, 7) is 3.80. The summed E-state index contributed by atoms with van der Waals surface area (Å²) in [5.74, 6) is -1.81. The summed E-state index contributed by atoms with van der Waals surface area (Å²) in [5, 5.41) is 15.9. The van der Waals surface area contributed by atoms with Crippen LogP contribution in [0.1, 0.15) is 71.6 Å². The number of fused-ring (bicyclic) bond motifs is 3. The monoisotopic (exact) mass is 723 g/mol. The van der Waals surface area contributed by atoms with Gasteiger partial charge >= 0.3 is 6.09 Å². The number of carboxylic acid groups (broad SMARTS) is 1. The van der Waals surface area contributed by atoms with E-state index in [0.717, 1.165) is 24.6 Å². The van der Waals surface area contributed by atoms with Gasteiger partial charge in [-0.2, -0.15) is 0 Å². The lowest BCUT2D eigenvalue weighted by Crippen LogP contribution is -2.59. The summed E-state index contributed by atoms with van der Waals surface area (Å²) >= 11 is 0. The number of carbonyl (C=O) groups is 4. The molecule has 15 heteroatoms. The van der Waals surface area contributed by atoms with E-state index in [4.69, 9.17) is 9.47 Å². The Morgan fingerprint density at radius 1 is 1.02 bits per heavy atom. The van der Waals surface area contributed by atoms with Crippen LogP contribution in [0.3, 0.4) is 0 Å². The number of hydrogen-bond acceptors (Lipinski definition) is 9. The van der Waals surface area contributed by atoms with E-state index in [1.165, 1.54) is 4.90 Å². The van der Waals surface area contributed by atoms with Crippen LogP contribution in [0.4, 0.5) is 4.79 Å². The third kappa shape index (κ3) is 7.49. The highest BCUT2D eigenvalue weighted by molar-refractivity contribution is 7.91. The second kappa shape index (κ2) is 13.6. The molecule has 1 aromatic heterocycles. The number of carbonyl (C=O) groups excluding carboxylic acids is 3. The largest absolute Gasteiger partial charge is 0.488 e. The van der Waals surface area contributed by atoms with Gasteiger partial charge in [0.1, 0.15) is 29.5 Å². The quantitative estimate of drug-likeness (QED) is 0.294. The van der Waals surface area contributed by atoms with Crippen LogP contribution in [0.5, 0.6) is 11.6 Å². The maximum absolute atomic E-state index is 14.4. The van der Waals surface area contributed by atoms with Gasteiger partial charge in [-0.25, -0.2) is 18.2 Å². The smallest absolute Gasteiger partial charge is 0.405 e. The van der Waals surface area contributed by atoms with Gasteiger partial charge in [0.25, 0.3) is 5.91 Å². The molecule has 0 spiro atoms. The number of amides is 4. The van der Waals surface area contributed by atoms with Crippen LogP contribution in [0, 0.1) is 17.8 Å². The van der Waals surface area contributed by atoms with E-state index in [9.17, 15) is 32.7 Å². The predicted octanol–water partition coefficient (Wildman–Crippen LogP) is 3.26. The van der Waals surface area contributed by atoms with Crippen molar-refractivity contribution in [2.45, 2.75) is 107 Å². The van der Waals surface area contributed by atoms with Crippen molar-refractivity contribution in [1.29, 1.82) is 0 Å². The molecule has 0 bridgehead atoms. The fourth-order valence-corrected chi connectivity index (χ4v) is 8.85. The molecule has 14 nitrogen and oxygen atoms in total. The van der Waals surface area contributed by atoms with E-state index in [1.807, 2.05) is 50.3 Å². The fraction of sp³-hybridized carbons (Fsp3) is 0.583. The normalized spacial score (nSPS) is 32.0. The lowest BCUT2D eigenvalue weighted by atomic mass is 9.88. The summed E-state index contributed by atoms with van der Waals surface area (Å²) in [6.07, 6.45) is 8.54. The average molecular weight is 724 g/mol. The van der Waals surface area contributed by atoms with Gasteiger partial charge in [-0.1, -0.05) is 44.2 Å². The summed E-state index contributed by atoms with van der Waals surface area (Å²) in [4.78, 5) is 60.2. The molecular weight excluding hydrogens is 678 g/mol. The number of rotatable bonds is 8. The first kappa shape index (κ1) is 35.0. The minimum Gasteiger partial charge on any atom is -0.488 e. The van der Waals surface area contributed by atoms with Crippen LogP contribution < -0.4 is 24.8 Å². The summed E-state index contributed by atoms with van der Waals surface area (Å²) in [6, 6.07) is 5.22. The van der Waals surface area contributed by atoms with Crippen molar-refractivity contribution in [3.05, 3.63) is 42.6 Å². The molecule has 51 heavy (non-hydrogen) atoms. The molecular formula is C36H45N5O9S. The SMILES string of the molecule is C[C@@H]1CC/C=C\C2C[C@@]2(C(=O)NS(=O)(=O)C2CC2)NC(=O)[C@@H]2C[C@@H](Oc3ncc(OC4CC4)c4ccccc34)CN2C(=O)[C@@H](NC(=O)O)[C@H](C)C1.